The smallest absolute Gasteiger partial charge is 0.257 e. The molecule has 0 spiro atoms. The number of aryl methyl sites for hydroxylation is 1. The number of hydrogen-bond donors (Lipinski definition) is 3. The van der Waals surface area contributed by atoms with E-state index in [0.717, 1.165) is 16.3 Å². The highest BCUT2D eigenvalue weighted by Gasteiger charge is 2.16. The van der Waals surface area contributed by atoms with Gasteiger partial charge in [0.05, 0.1) is 22.0 Å². The number of nitrogens with zero attached hydrogens (tertiary/aromatic N) is 2. The average Bonchev–Trinajstić information content (AvgIpc) is 3.31. The number of carbonyl (C=O) groups excluding carboxylic acids is 1. The van der Waals surface area contributed by atoms with Crippen molar-refractivity contribution < 1.29 is 9.90 Å². The van der Waals surface area contributed by atoms with Gasteiger partial charge in [-0.2, -0.15) is 0 Å². The fourth-order valence-electron chi connectivity index (χ4n) is 2.61. The van der Waals surface area contributed by atoms with Gasteiger partial charge in [0, 0.05) is 16.0 Å². The van der Waals surface area contributed by atoms with Crippen molar-refractivity contribution in [1.29, 1.82) is 0 Å². The Kier molecular flexibility index (Phi) is 5.48. The molecule has 6 nitrogen and oxygen atoms in total. The highest BCUT2D eigenvalue weighted by Crippen LogP contribution is 2.36. The van der Waals surface area contributed by atoms with Gasteiger partial charge in [0.1, 0.15) is 5.75 Å². The second kappa shape index (κ2) is 8.20. The largest absolute Gasteiger partial charge is 0.506 e. The monoisotopic (exact) mass is 442 g/mol. The summed E-state index contributed by atoms with van der Waals surface area (Å²) in [6, 6.07) is 13.8. The Hall–Kier alpha value is -2.94. The van der Waals surface area contributed by atoms with E-state index in [1.165, 1.54) is 28.7 Å². The van der Waals surface area contributed by atoms with Crippen LogP contribution in [0.4, 0.5) is 16.0 Å². The van der Waals surface area contributed by atoms with Gasteiger partial charge in [-0.05, 0) is 37.3 Å². The van der Waals surface area contributed by atoms with Gasteiger partial charge in [-0.1, -0.05) is 41.1 Å². The molecular formula is C20H15ClN4O2S2. The maximum atomic E-state index is 12.3. The summed E-state index contributed by atoms with van der Waals surface area (Å²) < 4.78 is 0. The predicted octanol–water partition coefficient (Wildman–Crippen LogP) is 5.93. The highest BCUT2D eigenvalue weighted by molar-refractivity contribution is 7.20. The number of anilines is 3. The Balaban J connectivity index is 1.52. The Bertz CT molecular complexity index is 1170. The maximum absolute atomic E-state index is 12.3. The Labute approximate surface area is 179 Å². The van der Waals surface area contributed by atoms with Crippen molar-refractivity contribution in [2.24, 2.45) is 0 Å². The molecule has 2 aromatic carbocycles. The number of halogens is 1. The third kappa shape index (κ3) is 4.40. The standard InChI is InChI=1S/C20H15ClN4O2S2/c1-11-17(29-20(22-11)25-18(27)12-5-3-2-4-6-12)15-10-28-19(24-15)23-14-9-13(21)7-8-16(14)26/h2-10,26H,1H3,(H,23,24)(H,22,25,27). The minimum absolute atomic E-state index is 0.0889. The van der Waals surface area contributed by atoms with Gasteiger partial charge in [-0.25, -0.2) is 9.97 Å². The summed E-state index contributed by atoms with van der Waals surface area (Å²) in [5, 5.41) is 19.4. The van der Waals surface area contributed by atoms with Crippen molar-refractivity contribution in [1.82, 2.24) is 9.97 Å². The highest BCUT2D eigenvalue weighted by atomic mass is 35.5. The lowest BCUT2D eigenvalue weighted by Gasteiger charge is -2.05. The van der Waals surface area contributed by atoms with Crippen molar-refractivity contribution >= 4 is 56.1 Å². The minimum Gasteiger partial charge on any atom is -0.506 e. The predicted molar refractivity (Wildman–Crippen MR) is 119 cm³/mol. The van der Waals surface area contributed by atoms with E-state index >= 15 is 0 Å². The van der Waals surface area contributed by atoms with Crippen molar-refractivity contribution in [2.75, 3.05) is 10.6 Å². The van der Waals surface area contributed by atoms with Crippen molar-refractivity contribution in [3.05, 3.63) is 70.2 Å². The molecule has 4 rings (SSSR count). The number of benzene rings is 2. The van der Waals surface area contributed by atoms with E-state index in [1.54, 1.807) is 24.3 Å². The Morgan fingerprint density at radius 1 is 1.10 bits per heavy atom. The van der Waals surface area contributed by atoms with Crippen LogP contribution in [-0.4, -0.2) is 21.0 Å². The second-order valence-corrected chi connectivity index (χ2v) is 8.37. The number of rotatable bonds is 5. The molecule has 4 aromatic rings. The first-order valence-corrected chi connectivity index (χ1v) is 10.6. The zero-order chi connectivity index (χ0) is 20.4. The molecule has 0 radical (unpaired) electrons. The van der Waals surface area contributed by atoms with E-state index in [2.05, 4.69) is 20.6 Å². The molecule has 0 aliphatic carbocycles. The average molecular weight is 443 g/mol. The number of thiazole rings is 2. The number of aromatic hydroxyl groups is 1. The summed E-state index contributed by atoms with van der Waals surface area (Å²) in [5.74, 6) is -0.117. The zero-order valence-corrected chi connectivity index (χ0v) is 17.5. The fraction of sp³-hybridized carbons (Fsp3) is 0.0500. The fourth-order valence-corrected chi connectivity index (χ4v) is 4.49. The number of hydrogen-bond acceptors (Lipinski definition) is 7. The molecule has 0 bridgehead atoms. The van der Waals surface area contributed by atoms with Crippen LogP contribution < -0.4 is 10.6 Å². The first kappa shape index (κ1) is 19.4. The van der Waals surface area contributed by atoms with Crippen LogP contribution in [0.5, 0.6) is 5.75 Å². The lowest BCUT2D eigenvalue weighted by molar-refractivity contribution is 0.102. The van der Waals surface area contributed by atoms with Gasteiger partial charge < -0.3 is 10.4 Å². The number of nitrogens with one attached hydrogen (secondary N) is 2. The lowest BCUT2D eigenvalue weighted by atomic mass is 10.2. The van der Waals surface area contributed by atoms with Crippen LogP contribution in [0.3, 0.4) is 0 Å². The summed E-state index contributed by atoms with van der Waals surface area (Å²) >= 11 is 8.75. The molecule has 0 fully saturated rings. The van der Waals surface area contributed by atoms with Crippen LogP contribution in [0.1, 0.15) is 16.1 Å². The molecule has 0 aliphatic heterocycles. The third-order valence-electron chi connectivity index (χ3n) is 3.99. The van der Waals surface area contributed by atoms with E-state index < -0.39 is 0 Å². The van der Waals surface area contributed by atoms with Crippen molar-refractivity contribution in [2.45, 2.75) is 6.92 Å². The van der Waals surface area contributed by atoms with Crippen LogP contribution in [0, 0.1) is 6.92 Å². The Morgan fingerprint density at radius 2 is 1.90 bits per heavy atom. The van der Waals surface area contributed by atoms with Crippen molar-refractivity contribution in [3.63, 3.8) is 0 Å². The molecular weight excluding hydrogens is 428 g/mol. The first-order chi connectivity index (χ1) is 14.0. The van der Waals surface area contributed by atoms with E-state index in [4.69, 9.17) is 11.6 Å². The molecule has 0 aliphatic rings. The third-order valence-corrected chi connectivity index (χ3v) is 6.08. The van der Waals surface area contributed by atoms with E-state index in [0.29, 0.717) is 26.5 Å². The van der Waals surface area contributed by atoms with Crippen molar-refractivity contribution in [3.8, 4) is 16.3 Å². The van der Waals surface area contributed by atoms with E-state index in [-0.39, 0.29) is 11.7 Å². The molecule has 2 heterocycles. The van der Waals surface area contributed by atoms with Gasteiger partial charge in [-0.3, -0.25) is 10.1 Å². The summed E-state index contributed by atoms with van der Waals surface area (Å²) in [4.78, 5) is 22.2. The molecule has 0 saturated heterocycles. The van der Waals surface area contributed by atoms with Gasteiger partial charge >= 0.3 is 0 Å². The summed E-state index contributed by atoms with van der Waals surface area (Å²) in [7, 11) is 0. The summed E-state index contributed by atoms with van der Waals surface area (Å²) in [6.07, 6.45) is 0. The number of aromatic nitrogens is 2. The Morgan fingerprint density at radius 3 is 2.69 bits per heavy atom. The zero-order valence-electron chi connectivity index (χ0n) is 15.1. The van der Waals surface area contributed by atoms with Crippen LogP contribution >= 0.6 is 34.3 Å². The molecule has 0 saturated carbocycles. The van der Waals surface area contributed by atoms with Crippen LogP contribution in [-0.2, 0) is 0 Å². The number of amides is 1. The van der Waals surface area contributed by atoms with E-state index in [9.17, 15) is 9.90 Å². The second-order valence-electron chi connectivity index (χ2n) is 6.08. The SMILES string of the molecule is Cc1nc(NC(=O)c2ccccc2)sc1-c1csc(Nc2cc(Cl)ccc2O)n1. The lowest BCUT2D eigenvalue weighted by Crippen LogP contribution is -2.11. The van der Waals surface area contributed by atoms with Gasteiger partial charge in [0.15, 0.2) is 10.3 Å². The molecule has 29 heavy (non-hydrogen) atoms. The summed E-state index contributed by atoms with van der Waals surface area (Å²) in [5.41, 5.74) is 2.58. The van der Waals surface area contributed by atoms with Gasteiger partial charge in [-0.15, -0.1) is 11.3 Å². The number of phenols is 1. The molecule has 3 N–H and O–H groups in total. The topological polar surface area (TPSA) is 87.1 Å². The van der Waals surface area contributed by atoms with Gasteiger partial charge in [0.25, 0.3) is 5.91 Å². The van der Waals surface area contributed by atoms with E-state index in [1.807, 2.05) is 30.5 Å². The number of carbonyl (C=O) groups is 1. The van der Waals surface area contributed by atoms with Crippen LogP contribution in [0.25, 0.3) is 10.6 Å². The molecule has 0 atom stereocenters. The normalized spacial score (nSPS) is 10.7. The maximum Gasteiger partial charge on any atom is 0.257 e. The molecule has 1 amide bonds. The summed E-state index contributed by atoms with van der Waals surface area (Å²) in [6.45, 7) is 1.87. The van der Waals surface area contributed by atoms with Crippen LogP contribution in [0.2, 0.25) is 5.02 Å². The molecule has 146 valence electrons. The molecule has 9 heteroatoms. The van der Waals surface area contributed by atoms with Crippen LogP contribution in [0.15, 0.2) is 53.9 Å². The number of phenolic OH excluding ortho intramolecular Hbond substituents is 1. The minimum atomic E-state index is -0.206. The first-order valence-electron chi connectivity index (χ1n) is 8.55. The molecule has 0 unspecified atom stereocenters. The quantitative estimate of drug-likeness (QED) is 0.333. The van der Waals surface area contributed by atoms with Gasteiger partial charge in [0.2, 0.25) is 0 Å². The molecule has 2 aromatic heterocycles.